The Morgan fingerprint density at radius 3 is 2.93 bits per heavy atom. The fourth-order valence-corrected chi connectivity index (χ4v) is 3.88. The normalized spacial score (nSPS) is 17.0. The Balaban J connectivity index is 1.33. The minimum atomic E-state index is -0.300. The molecule has 3 aromatic rings. The predicted octanol–water partition coefficient (Wildman–Crippen LogP) is 4.42. The van der Waals surface area contributed by atoms with Crippen LogP contribution in [0.2, 0.25) is 0 Å². The van der Waals surface area contributed by atoms with Crippen LogP contribution in [0, 0.1) is 11.9 Å². The van der Waals surface area contributed by atoms with E-state index in [1.807, 2.05) is 18.2 Å². The highest BCUT2D eigenvalue weighted by atomic mass is 19.1. The highest BCUT2D eigenvalue weighted by Crippen LogP contribution is 2.33. The van der Waals surface area contributed by atoms with Crippen LogP contribution >= 0.6 is 0 Å². The molecular formula is C22H24FN2O3. The van der Waals surface area contributed by atoms with E-state index >= 15 is 0 Å². The van der Waals surface area contributed by atoms with Crippen molar-refractivity contribution in [1.82, 2.24) is 10.1 Å². The van der Waals surface area contributed by atoms with Crippen LogP contribution in [0.15, 0.2) is 40.9 Å². The summed E-state index contributed by atoms with van der Waals surface area (Å²) in [4.78, 5) is 2.40. The maximum atomic E-state index is 13.3. The molecule has 2 aromatic carbocycles. The smallest absolute Gasteiger partial charge is 0.170 e. The van der Waals surface area contributed by atoms with Gasteiger partial charge in [-0.25, -0.2) is 4.39 Å². The predicted molar refractivity (Wildman–Crippen MR) is 104 cm³/mol. The van der Waals surface area contributed by atoms with Crippen molar-refractivity contribution in [2.75, 3.05) is 26.7 Å². The monoisotopic (exact) mass is 383 g/mol. The number of rotatable bonds is 6. The molecular weight excluding hydrogens is 359 g/mol. The first-order chi connectivity index (χ1) is 13.6. The maximum absolute atomic E-state index is 13.3. The summed E-state index contributed by atoms with van der Waals surface area (Å²) in [6, 6.07) is 13.3. The molecule has 147 valence electrons. The molecule has 1 atom stereocenters. The fraction of sp³-hybridized carbons (Fsp3) is 0.409. The van der Waals surface area contributed by atoms with Crippen molar-refractivity contribution in [3.05, 3.63) is 54.0 Å². The van der Waals surface area contributed by atoms with Gasteiger partial charge in [0.15, 0.2) is 17.1 Å². The minimum absolute atomic E-state index is 0.0277. The summed E-state index contributed by atoms with van der Waals surface area (Å²) >= 11 is 0. The molecule has 0 N–H and O–H groups in total. The van der Waals surface area contributed by atoms with Gasteiger partial charge in [0.1, 0.15) is 11.9 Å². The van der Waals surface area contributed by atoms with Crippen molar-refractivity contribution in [2.45, 2.75) is 31.8 Å². The van der Waals surface area contributed by atoms with E-state index in [0.717, 1.165) is 43.6 Å². The number of halogens is 1. The van der Waals surface area contributed by atoms with Crippen LogP contribution in [0.25, 0.3) is 11.0 Å². The number of nitrogens with zero attached hydrogens (tertiary/aromatic N) is 2. The molecule has 0 amide bonds. The molecule has 2 heterocycles. The Bertz CT molecular complexity index is 934. The number of benzene rings is 2. The molecule has 1 saturated heterocycles. The first-order valence-electron chi connectivity index (χ1n) is 9.62. The minimum Gasteiger partial charge on any atom is -0.493 e. The summed E-state index contributed by atoms with van der Waals surface area (Å²) in [5.74, 6) is 1.38. The quantitative estimate of drug-likeness (QED) is 0.631. The third-order valence-electron chi connectivity index (χ3n) is 5.27. The van der Waals surface area contributed by atoms with Crippen LogP contribution in [0.3, 0.4) is 0 Å². The highest BCUT2D eigenvalue weighted by Gasteiger charge is 2.26. The number of ether oxygens (including phenoxy) is 2. The second-order valence-electron chi connectivity index (χ2n) is 7.28. The van der Waals surface area contributed by atoms with Gasteiger partial charge in [-0.2, -0.15) is 0 Å². The third-order valence-corrected chi connectivity index (χ3v) is 5.27. The van der Waals surface area contributed by atoms with Crippen molar-refractivity contribution in [3.63, 3.8) is 0 Å². The van der Waals surface area contributed by atoms with Crippen molar-refractivity contribution < 1.29 is 18.4 Å². The topological polar surface area (TPSA) is 47.7 Å². The van der Waals surface area contributed by atoms with E-state index in [2.05, 4.69) is 23.0 Å². The zero-order valence-electron chi connectivity index (χ0n) is 16.2. The molecule has 1 aromatic heterocycles. The number of piperidine rings is 1. The van der Waals surface area contributed by atoms with Gasteiger partial charge in [-0.05, 0) is 51.1 Å². The van der Waals surface area contributed by atoms with Crippen LogP contribution in [0.4, 0.5) is 4.39 Å². The van der Waals surface area contributed by atoms with E-state index in [4.69, 9.17) is 14.0 Å². The number of para-hydroxylation sites is 1. The van der Waals surface area contributed by atoms with Gasteiger partial charge in [-0.3, -0.25) is 4.90 Å². The van der Waals surface area contributed by atoms with Gasteiger partial charge in [0, 0.05) is 30.0 Å². The zero-order chi connectivity index (χ0) is 19.5. The standard InChI is InChI=1S/C22H24FN2O3/c1-15(27-20-6-4-3-5-19(20)26-2)14-25-11-9-16(10-12-25)22-18-8-7-17(23)13-21(18)28-24-22/h3-5,7-8,13,15-16H,9-12,14H2,1-2H3. The second-order valence-corrected chi connectivity index (χ2v) is 7.28. The van der Waals surface area contributed by atoms with Crippen LogP contribution in [0.1, 0.15) is 31.4 Å². The Labute approximate surface area is 164 Å². The number of hydrogen-bond acceptors (Lipinski definition) is 5. The lowest BCUT2D eigenvalue weighted by molar-refractivity contribution is 0.121. The number of aromatic nitrogens is 1. The summed E-state index contributed by atoms with van der Waals surface area (Å²) in [5, 5.41) is 5.14. The van der Waals surface area contributed by atoms with Gasteiger partial charge in [0.2, 0.25) is 0 Å². The number of hydrogen-bond donors (Lipinski definition) is 0. The largest absolute Gasteiger partial charge is 0.493 e. The van der Waals surface area contributed by atoms with Crippen LogP contribution in [-0.4, -0.2) is 42.9 Å². The zero-order valence-corrected chi connectivity index (χ0v) is 16.2. The molecule has 1 aliphatic rings. The molecule has 5 nitrogen and oxygen atoms in total. The summed E-state index contributed by atoms with van der Waals surface area (Å²) in [7, 11) is 1.63. The van der Waals surface area contributed by atoms with E-state index in [-0.39, 0.29) is 11.9 Å². The number of methoxy groups -OCH3 is 1. The summed E-state index contributed by atoms with van der Waals surface area (Å²) in [6.07, 6.45) is 2.01. The Kier molecular flexibility index (Phi) is 5.48. The van der Waals surface area contributed by atoms with Gasteiger partial charge in [-0.1, -0.05) is 17.3 Å². The van der Waals surface area contributed by atoms with Crippen LogP contribution < -0.4 is 9.47 Å². The third kappa shape index (κ3) is 3.97. The SMILES string of the molecule is COc1ccc[c]c1OC(C)CN1CCC(c2noc3cc(F)ccc23)CC1. The maximum Gasteiger partial charge on any atom is 0.170 e. The van der Waals surface area contributed by atoms with E-state index in [0.29, 0.717) is 23.0 Å². The van der Waals surface area contributed by atoms with Crippen molar-refractivity contribution >= 4 is 11.0 Å². The van der Waals surface area contributed by atoms with E-state index in [9.17, 15) is 4.39 Å². The average molecular weight is 383 g/mol. The molecule has 0 spiro atoms. The second kappa shape index (κ2) is 8.19. The molecule has 0 aliphatic carbocycles. The Morgan fingerprint density at radius 1 is 1.32 bits per heavy atom. The lowest BCUT2D eigenvalue weighted by atomic mass is 9.91. The lowest BCUT2D eigenvalue weighted by Crippen LogP contribution is -2.39. The van der Waals surface area contributed by atoms with E-state index in [1.54, 1.807) is 13.2 Å². The highest BCUT2D eigenvalue weighted by molar-refractivity contribution is 5.79. The van der Waals surface area contributed by atoms with E-state index < -0.39 is 0 Å². The Hall–Kier alpha value is -2.60. The van der Waals surface area contributed by atoms with Crippen molar-refractivity contribution in [1.29, 1.82) is 0 Å². The van der Waals surface area contributed by atoms with Crippen LogP contribution in [0.5, 0.6) is 11.5 Å². The molecule has 0 bridgehead atoms. The first-order valence-corrected chi connectivity index (χ1v) is 9.62. The molecule has 0 saturated carbocycles. The van der Waals surface area contributed by atoms with Gasteiger partial charge in [0.05, 0.1) is 12.8 Å². The summed E-state index contributed by atoms with van der Waals surface area (Å²) in [5.41, 5.74) is 1.47. The molecule has 4 rings (SSSR count). The molecule has 6 heteroatoms. The average Bonchev–Trinajstić information content (AvgIpc) is 3.12. The van der Waals surface area contributed by atoms with Crippen LogP contribution in [-0.2, 0) is 0 Å². The van der Waals surface area contributed by atoms with Gasteiger partial charge >= 0.3 is 0 Å². The van der Waals surface area contributed by atoms with Gasteiger partial charge in [0.25, 0.3) is 0 Å². The van der Waals surface area contributed by atoms with Gasteiger partial charge in [-0.15, -0.1) is 0 Å². The molecule has 1 radical (unpaired) electrons. The van der Waals surface area contributed by atoms with Gasteiger partial charge < -0.3 is 14.0 Å². The molecule has 28 heavy (non-hydrogen) atoms. The van der Waals surface area contributed by atoms with Crippen molar-refractivity contribution in [2.24, 2.45) is 0 Å². The Morgan fingerprint density at radius 2 is 2.14 bits per heavy atom. The molecule has 1 aliphatic heterocycles. The fourth-order valence-electron chi connectivity index (χ4n) is 3.88. The molecule has 1 fully saturated rings. The number of likely N-dealkylation sites (tertiary alicyclic amines) is 1. The lowest BCUT2D eigenvalue weighted by Gasteiger charge is -2.33. The first kappa shape index (κ1) is 18.7. The summed E-state index contributed by atoms with van der Waals surface area (Å²) < 4.78 is 30.0. The number of fused-ring (bicyclic) bond motifs is 1. The summed E-state index contributed by atoms with van der Waals surface area (Å²) in [6.45, 7) is 4.82. The van der Waals surface area contributed by atoms with Crippen molar-refractivity contribution in [3.8, 4) is 11.5 Å². The molecule has 1 unspecified atom stereocenters. The van der Waals surface area contributed by atoms with E-state index in [1.165, 1.54) is 12.1 Å².